The summed E-state index contributed by atoms with van der Waals surface area (Å²) >= 11 is 0. The van der Waals surface area contributed by atoms with Gasteiger partial charge in [-0.2, -0.15) is 0 Å². The molecule has 2 N–H and O–H groups in total. The Labute approximate surface area is 173 Å². The molecule has 9 heteroatoms. The van der Waals surface area contributed by atoms with Gasteiger partial charge in [-0.15, -0.1) is 0 Å². The third-order valence-corrected chi connectivity index (χ3v) is 3.95. The highest BCUT2D eigenvalue weighted by Crippen LogP contribution is 2.35. The van der Waals surface area contributed by atoms with Crippen LogP contribution in [0.3, 0.4) is 0 Å². The van der Waals surface area contributed by atoms with Gasteiger partial charge in [0.1, 0.15) is 17.3 Å². The van der Waals surface area contributed by atoms with Crippen molar-refractivity contribution in [3.05, 3.63) is 53.9 Å². The van der Waals surface area contributed by atoms with Gasteiger partial charge in [-0.25, -0.2) is 4.39 Å². The predicted octanol–water partition coefficient (Wildman–Crippen LogP) is 2.48. The van der Waals surface area contributed by atoms with Crippen LogP contribution in [0, 0.1) is 5.82 Å². The van der Waals surface area contributed by atoms with Gasteiger partial charge in [-0.3, -0.25) is 20.4 Å². The monoisotopic (exact) mass is 418 g/mol. The second kappa shape index (κ2) is 10.7. The van der Waals surface area contributed by atoms with Crippen LogP contribution in [-0.2, 0) is 9.59 Å². The molecule has 30 heavy (non-hydrogen) atoms. The minimum atomic E-state index is -0.911. The van der Waals surface area contributed by atoms with Gasteiger partial charge in [0, 0.05) is 17.7 Å². The molecule has 0 aliphatic rings. The van der Waals surface area contributed by atoms with Gasteiger partial charge in [0.05, 0.1) is 21.3 Å². The highest BCUT2D eigenvalue weighted by Gasteiger charge is 2.15. The van der Waals surface area contributed by atoms with E-state index >= 15 is 0 Å². The lowest BCUT2D eigenvalue weighted by Crippen LogP contribution is -2.46. The normalized spacial score (nSPS) is 11.5. The molecule has 0 aliphatic heterocycles. The molecule has 0 saturated heterocycles. The first-order valence-corrected chi connectivity index (χ1v) is 8.88. The summed E-state index contributed by atoms with van der Waals surface area (Å²) in [6.45, 7) is 1.50. The number of amides is 2. The summed E-state index contributed by atoms with van der Waals surface area (Å²) in [4.78, 5) is 24.1. The Balaban J connectivity index is 1.94. The van der Waals surface area contributed by atoms with Crippen molar-refractivity contribution in [3.8, 4) is 23.0 Å². The van der Waals surface area contributed by atoms with Crippen molar-refractivity contribution in [3.63, 3.8) is 0 Å². The molecule has 2 amide bonds. The van der Waals surface area contributed by atoms with Crippen LogP contribution < -0.4 is 29.8 Å². The molecule has 2 aromatic rings. The number of hydrogen-bond acceptors (Lipinski definition) is 6. The van der Waals surface area contributed by atoms with Gasteiger partial charge < -0.3 is 18.9 Å². The van der Waals surface area contributed by atoms with Crippen LogP contribution in [0.2, 0.25) is 0 Å². The van der Waals surface area contributed by atoms with E-state index in [2.05, 4.69) is 10.9 Å². The fourth-order valence-electron chi connectivity index (χ4n) is 2.39. The molecule has 0 bridgehead atoms. The maximum Gasteiger partial charge on any atom is 0.279 e. The van der Waals surface area contributed by atoms with Crippen molar-refractivity contribution in [2.24, 2.45) is 0 Å². The highest BCUT2D eigenvalue weighted by atomic mass is 19.1. The van der Waals surface area contributed by atoms with Crippen molar-refractivity contribution >= 4 is 17.9 Å². The van der Waals surface area contributed by atoms with Crippen molar-refractivity contribution in [1.29, 1.82) is 0 Å². The van der Waals surface area contributed by atoms with E-state index in [1.54, 1.807) is 12.1 Å². The topological polar surface area (TPSA) is 95.1 Å². The van der Waals surface area contributed by atoms with Gasteiger partial charge in [-0.1, -0.05) is 0 Å². The SMILES string of the molecule is COc1cc(OC)c(OC)cc1/C=C/C(=O)NNC(=O)[C@@H](C)Oc1ccc(F)cc1. The molecule has 8 nitrogen and oxygen atoms in total. The van der Waals surface area contributed by atoms with Crippen molar-refractivity contribution in [2.45, 2.75) is 13.0 Å². The average Bonchev–Trinajstić information content (AvgIpc) is 2.76. The van der Waals surface area contributed by atoms with Gasteiger partial charge in [0.25, 0.3) is 11.8 Å². The first-order valence-electron chi connectivity index (χ1n) is 8.88. The van der Waals surface area contributed by atoms with E-state index in [-0.39, 0.29) is 0 Å². The summed E-state index contributed by atoms with van der Waals surface area (Å²) in [6.07, 6.45) is 1.81. The minimum Gasteiger partial charge on any atom is -0.496 e. The third kappa shape index (κ3) is 6.13. The Morgan fingerprint density at radius 1 is 0.933 bits per heavy atom. The van der Waals surface area contributed by atoms with E-state index in [0.717, 1.165) is 0 Å². The molecule has 0 spiro atoms. The Bertz CT molecular complexity index is 914. The second-order valence-corrected chi connectivity index (χ2v) is 5.97. The van der Waals surface area contributed by atoms with Gasteiger partial charge in [0.2, 0.25) is 0 Å². The number of nitrogens with one attached hydrogen (secondary N) is 2. The van der Waals surface area contributed by atoms with E-state index in [4.69, 9.17) is 18.9 Å². The van der Waals surface area contributed by atoms with Crippen LogP contribution in [0.5, 0.6) is 23.0 Å². The first kappa shape index (κ1) is 22.5. The fraction of sp³-hybridized carbons (Fsp3) is 0.238. The summed E-state index contributed by atoms with van der Waals surface area (Å²) in [7, 11) is 4.49. The number of halogens is 1. The first-order chi connectivity index (χ1) is 14.4. The summed E-state index contributed by atoms with van der Waals surface area (Å²) in [5.41, 5.74) is 5.08. The number of rotatable bonds is 8. The Morgan fingerprint density at radius 3 is 2.13 bits per heavy atom. The zero-order valence-electron chi connectivity index (χ0n) is 17.0. The van der Waals surface area contributed by atoms with Gasteiger partial charge in [0.15, 0.2) is 17.6 Å². The third-order valence-electron chi connectivity index (χ3n) is 3.95. The molecule has 0 saturated carbocycles. The summed E-state index contributed by atoms with van der Waals surface area (Å²) in [5.74, 6) is 0.188. The quantitative estimate of drug-likeness (QED) is 0.505. The summed E-state index contributed by atoms with van der Waals surface area (Å²) in [5, 5.41) is 0. The van der Waals surface area contributed by atoms with Crippen LogP contribution in [0.4, 0.5) is 4.39 Å². The molecule has 1 atom stereocenters. The molecule has 2 rings (SSSR count). The fourth-order valence-corrected chi connectivity index (χ4v) is 2.39. The number of carbonyl (C=O) groups is 2. The standard InChI is InChI=1S/C21H23FN2O6/c1-13(30-16-8-6-15(22)7-9-16)21(26)24-23-20(25)10-5-14-11-18(28-3)19(29-4)12-17(14)27-2/h5-13H,1-4H3,(H,23,25)(H,24,26)/b10-5+/t13-/m1/s1. The number of carbonyl (C=O) groups excluding carboxylic acids is 2. The molecule has 0 heterocycles. The summed E-state index contributed by atoms with van der Waals surface area (Å²) < 4.78 is 34.0. The van der Waals surface area contributed by atoms with Crippen LogP contribution >= 0.6 is 0 Å². The second-order valence-electron chi connectivity index (χ2n) is 5.97. The molecular weight excluding hydrogens is 395 g/mol. The number of hydrazine groups is 1. The minimum absolute atomic E-state index is 0.325. The molecule has 0 unspecified atom stereocenters. The molecule has 160 valence electrons. The number of ether oxygens (including phenoxy) is 4. The predicted molar refractivity (Wildman–Crippen MR) is 108 cm³/mol. The van der Waals surface area contributed by atoms with E-state index < -0.39 is 23.7 Å². The Kier molecular flexibility index (Phi) is 8.04. The number of methoxy groups -OCH3 is 3. The van der Waals surface area contributed by atoms with E-state index in [1.165, 1.54) is 64.7 Å². The van der Waals surface area contributed by atoms with Crippen LogP contribution in [0.25, 0.3) is 6.08 Å². The van der Waals surface area contributed by atoms with Gasteiger partial charge >= 0.3 is 0 Å². The molecule has 0 aliphatic carbocycles. The maximum absolute atomic E-state index is 12.9. The van der Waals surface area contributed by atoms with E-state index in [9.17, 15) is 14.0 Å². The number of benzene rings is 2. The zero-order valence-corrected chi connectivity index (χ0v) is 17.0. The van der Waals surface area contributed by atoms with Crippen molar-refractivity contribution < 1.29 is 32.9 Å². The van der Waals surface area contributed by atoms with E-state index in [0.29, 0.717) is 28.6 Å². The van der Waals surface area contributed by atoms with Crippen molar-refractivity contribution in [1.82, 2.24) is 10.9 Å². The van der Waals surface area contributed by atoms with Crippen LogP contribution in [-0.4, -0.2) is 39.2 Å². The highest BCUT2D eigenvalue weighted by molar-refractivity contribution is 5.94. The van der Waals surface area contributed by atoms with Crippen molar-refractivity contribution in [2.75, 3.05) is 21.3 Å². The maximum atomic E-state index is 12.9. The molecule has 0 radical (unpaired) electrons. The van der Waals surface area contributed by atoms with Crippen LogP contribution in [0.15, 0.2) is 42.5 Å². The Morgan fingerprint density at radius 2 is 1.53 bits per heavy atom. The molecule has 2 aromatic carbocycles. The summed E-state index contributed by atoms with van der Waals surface area (Å²) in [6, 6.07) is 8.52. The number of hydrogen-bond donors (Lipinski definition) is 2. The van der Waals surface area contributed by atoms with Gasteiger partial charge in [-0.05, 0) is 43.3 Å². The lowest BCUT2D eigenvalue weighted by Gasteiger charge is -2.14. The lowest BCUT2D eigenvalue weighted by atomic mass is 10.1. The van der Waals surface area contributed by atoms with E-state index in [1.807, 2.05) is 0 Å². The zero-order chi connectivity index (χ0) is 22.1. The molecule has 0 aromatic heterocycles. The lowest BCUT2D eigenvalue weighted by molar-refractivity contribution is -0.131. The average molecular weight is 418 g/mol. The largest absolute Gasteiger partial charge is 0.496 e. The molecular formula is C21H23FN2O6. The molecule has 0 fully saturated rings. The van der Waals surface area contributed by atoms with Crippen LogP contribution in [0.1, 0.15) is 12.5 Å². The Hall–Kier alpha value is -3.75. The smallest absolute Gasteiger partial charge is 0.279 e.